The minimum atomic E-state index is -4.20. The Morgan fingerprint density at radius 1 is 1.06 bits per heavy atom. The summed E-state index contributed by atoms with van der Waals surface area (Å²) in [6, 6.07) is 12.8. The average Bonchev–Trinajstić information content (AvgIpc) is 3.05. The van der Waals surface area contributed by atoms with E-state index in [0.29, 0.717) is 31.6 Å². The monoisotopic (exact) mass is 691 g/mol. The number of likely N-dealkylation sites (tertiary alicyclic amines) is 1. The second kappa shape index (κ2) is 13.3. The number of alkyl halides is 1. The predicted octanol–water partition coefficient (Wildman–Crippen LogP) is 6.33. The zero-order valence-electron chi connectivity index (χ0n) is 29.0. The van der Waals surface area contributed by atoms with E-state index in [9.17, 15) is 22.4 Å². The number of carbonyl (C=O) groups excluding carboxylic acids is 2. The van der Waals surface area contributed by atoms with Crippen LogP contribution in [0.4, 0.5) is 10.3 Å². The molecule has 2 amide bonds. The highest BCUT2D eigenvalue weighted by atomic mass is 32.2. The number of anilines is 1. The highest BCUT2D eigenvalue weighted by Gasteiger charge is 2.51. The number of hydrogen-bond donors (Lipinski definition) is 1. The lowest BCUT2D eigenvalue weighted by molar-refractivity contribution is -0.135. The number of fused-ring (bicyclic) bond motifs is 4. The smallest absolute Gasteiger partial charge is 0.264 e. The van der Waals surface area contributed by atoms with Crippen molar-refractivity contribution >= 4 is 27.8 Å². The van der Waals surface area contributed by atoms with Crippen molar-refractivity contribution in [3.8, 4) is 17.1 Å². The van der Waals surface area contributed by atoms with Crippen LogP contribution in [0.5, 0.6) is 5.88 Å². The van der Waals surface area contributed by atoms with Crippen molar-refractivity contribution in [3.63, 3.8) is 0 Å². The van der Waals surface area contributed by atoms with Crippen LogP contribution in [0.25, 0.3) is 11.3 Å². The van der Waals surface area contributed by atoms with E-state index in [1.165, 1.54) is 12.1 Å². The lowest BCUT2D eigenvalue weighted by Crippen LogP contribution is -2.60. The van der Waals surface area contributed by atoms with Gasteiger partial charge in [0.05, 0.1) is 23.3 Å². The number of ether oxygens (including phenoxy) is 1. The minimum absolute atomic E-state index is 0.00855. The number of hydrogen-bond acceptors (Lipinski definition) is 7. The number of amides is 2. The molecule has 1 saturated heterocycles. The van der Waals surface area contributed by atoms with Crippen molar-refractivity contribution in [1.82, 2.24) is 19.8 Å². The van der Waals surface area contributed by atoms with Crippen LogP contribution in [0.3, 0.4) is 0 Å². The molecule has 1 saturated carbocycles. The van der Waals surface area contributed by atoms with E-state index in [1.807, 2.05) is 62.6 Å². The van der Waals surface area contributed by atoms with E-state index in [4.69, 9.17) is 4.74 Å². The Balaban J connectivity index is 1.42. The molecule has 1 N–H and O–H groups in total. The van der Waals surface area contributed by atoms with Gasteiger partial charge in [-0.2, -0.15) is 4.98 Å². The van der Waals surface area contributed by atoms with Crippen molar-refractivity contribution in [3.05, 3.63) is 65.2 Å². The first-order chi connectivity index (χ1) is 23.2. The standard InChI is InChI=1S/C37H46FN5O5S/c1-6-32(44)42-15-13-37(14-16-42)20-27(21-37)43-28(19-36(4,5)23-38)22-48-31-18-30(33-24(2)9-7-10-25(33)3)39-35(40-31)41-49(46,47)29-12-8-11-26(17-29)34(43)45/h7-12,17-18,27-28H,6,13-16,19-23H2,1-5H3,(H,39,40,41)/t28-/m1/s1. The maximum absolute atomic E-state index is 14.6. The summed E-state index contributed by atoms with van der Waals surface area (Å²) in [6.07, 6.45) is 4.00. The molecule has 2 aliphatic heterocycles. The SMILES string of the molecule is CCC(=O)N1CCC2(CC1)CC(N1C(=O)c3cccc(c3)S(=O)(=O)Nc3nc(cc(-c4c(C)cccc4C)n3)OC[C@H]1CC(C)(C)CF)C2. The highest BCUT2D eigenvalue weighted by Crippen LogP contribution is 2.52. The molecule has 1 aromatic heterocycles. The molecule has 0 unspecified atom stereocenters. The minimum Gasteiger partial charge on any atom is -0.475 e. The fourth-order valence-corrected chi connectivity index (χ4v) is 8.75. The van der Waals surface area contributed by atoms with Gasteiger partial charge in [-0.3, -0.25) is 14.0 Å². The van der Waals surface area contributed by atoms with Crippen LogP contribution in [0, 0.1) is 24.7 Å². The van der Waals surface area contributed by atoms with Gasteiger partial charge in [-0.1, -0.05) is 45.0 Å². The summed E-state index contributed by atoms with van der Waals surface area (Å²) in [7, 11) is -4.20. The predicted molar refractivity (Wildman–Crippen MR) is 186 cm³/mol. The Morgan fingerprint density at radius 2 is 1.73 bits per heavy atom. The van der Waals surface area contributed by atoms with Crippen LogP contribution < -0.4 is 9.46 Å². The molecule has 12 heteroatoms. The second-order valence-electron chi connectivity index (χ2n) is 14.8. The van der Waals surface area contributed by atoms with Crippen LogP contribution in [-0.2, 0) is 14.8 Å². The van der Waals surface area contributed by atoms with E-state index in [2.05, 4.69) is 14.7 Å². The van der Waals surface area contributed by atoms with Gasteiger partial charge in [-0.05, 0) is 86.1 Å². The van der Waals surface area contributed by atoms with Gasteiger partial charge >= 0.3 is 0 Å². The fourth-order valence-electron chi connectivity index (χ4n) is 7.76. The maximum atomic E-state index is 14.6. The molecular weight excluding hydrogens is 646 g/mol. The molecule has 10 nitrogen and oxygen atoms in total. The number of rotatable bonds is 6. The second-order valence-corrected chi connectivity index (χ2v) is 16.5. The van der Waals surface area contributed by atoms with Crippen LogP contribution in [0.2, 0.25) is 0 Å². The topological polar surface area (TPSA) is 122 Å². The highest BCUT2D eigenvalue weighted by molar-refractivity contribution is 7.92. The van der Waals surface area contributed by atoms with E-state index in [1.54, 1.807) is 18.2 Å². The summed E-state index contributed by atoms with van der Waals surface area (Å²) in [5, 5.41) is 0. The third kappa shape index (κ3) is 7.15. The molecule has 1 atom stereocenters. The lowest BCUT2D eigenvalue weighted by Gasteiger charge is -2.56. The molecule has 6 rings (SSSR count). The number of halogens is 1. The van der Waals surface area contributed by atoms with Crippen LogP contribution in [-0.4, -0.2) is 78.5 Å². The van der Waals surface area contributed by atoms with Gasteiger partial charge < -0.3 is 14.5 Å². The average molecular weight is 692 g/mol. The third-order valence-electron chi connectivity index (χ3n) is 10.5. The van der Waals surface area contributed by atoms with E-state index >= 15 is 0 Å². The molecule has 2 aromatic carbocycles. The van der Waals surface area contributed by atoms with Gasteiger partial charge in [-0.25, -0.2) is 18.1 Å². The number of sulfonamides is 1. The summed E-state index contributed by atoms with van der Waals surface area (Å²) in [6.45, 7) is 10.3. The number of benzene rings is 2. The fraction of sp³-hybridized carbons (Fsp3) is 0.514. The van der Waals surface area contributed by atoms with E-state index in [0.717, 1.165) is 42.4 Å². The molecule has 1 aliphatic carbocycles. The van der Waals surface area contributed by atoms with Crippen LogP contribution in [0.15, 0.2) is 53.4 Å². The van der Waals surface area contributed by atoms with E-state index in [-0.39, 0.29) is 52.2 Å². The van der Waals surface area contributed by atoms with Gasteiger partial charge in [0, 0.05) is 42.7 Å². The van der Waals surface area contributed by atoms with Crippen molar-refractivity contribution in [2.75, 3.05) is 31.1 Å². The maximum Gasteiger partial charge on any atom is 0.264 e. The molecule has 4 bridgehead atoms. The summed E-state index contributed by atoms with van der Waals surface area (Å²) in [4.78, 5) is 39.6. The first kappa shape index (κ1) is 34.8. The zero-order chi connectivity index (χ0) is 35.1. The number of aromatic nitrogens is 2. The Morgan fingerprint density at radius 3 is 2.39 bits per heavy atom. The van der Waals surface area contributed by atoms with Crippen molar-refractivity contribution in [2.24, 2.45) is 10.8 Å². The summed E-state index contributed by atoms with van der Waals surface area (Å²) >= 11 is 0. The normalized spacial score (nSPS) is 20.7. The van der Waals surface area contributed by atoms with Crippen molar-refractivity contribution in [1.29, 1.82) is 0 Å². The number of nitrogens with one attached hydrogen (secondary N) is 1. The molecule has 2 fully saturated rings. The Hall–Kier alpha value is -4.06. The molecule has 49 heavy (non-hydrogen) atoms. The largest absolute Gasteiger partial charge is 0.475 e. The first-order valence-electron chi connectivity index (χ1n) is 17.1. The molecule has 3 heterocycles. The quantitative estimate of drug-likeness (QED) is 0.321. The molecule has 262 valence electrons. The molecule has 0 radical (unpaired) electrons. The number of nitrogens with zero attached hydrogens (tertiary/aromatic N) is 4. The lowest BCUT2D eigenvalue weighted by atomic mass is 9.59. The van der Waals surface area contributed by atoms with Crippen LogP contribution >= 0.6 is 0 Å². The van der Waals surface area contributed by atoms with Crippen LogP contribution in [0.1, 0.15) is 80.8 Å². The number of piperidine rings is 1. The third-order valence-corrected chi connectivity index (χ3v) is 11.8. The molecule has 3 aromatic rings. The summed E-state index contributed by atoms with van der Waals surface area (Å²) < 4.78 is 50.7. The Kier molecular flexibility index (Phi) is 9.47. The summed E-state index contributed by atoms with van der Waals surface area (Å²) in [5.74, 6) is -0.183. The van der Waals surface area contributed by atoms with Gasteiger partial charge in [0.1, 0.15) is 6.61 Å². The van der Waals surface area contributed by atoms with Gasteiger partial charge in [-0.15, -0.1) is 0 Å². The molecular formula is C37H46FN5O5S. The first-order valence-corrected chi connectivity index (χ1v) is 18.6. The van der Waals surface area contributed by atoms with E-state index < -0.39 is 28.2 Å². The molecule has 1 spiro atoms. The van der Waals surface area contributed by atoms with Crippen molar-refractivity contribution < 1.29 is 27.1 Å². The van der Waals surface area contributed by atoms with Gasteiger partial charge in [0.2, 0.25) is 17.7 Å². The molecule has 3 aliphatic rings. The number of carbonyl (C=O) groups is 2. The Labute approximate surface area is 288 Å². The van der Waals surface area contributed by atoms with Gasteiger partial charge in [0.25, 0.3) is 15.9 Å². The summed E-state index contributed by atoms with van der Waals surface area (Å²) in [5.41, 5.74) is 2.69. The zero-order valence-corrected chi connectivity index (χ0v) is 29.8. The Bertz CT molecular complexity index is 1830. The van der Waals surface area contributed by atoms with Crippen molar-refractivity contribution in [2.45, 2.75) is 90.1 Å². The van der Waals surface area contributed by atoms with Gasteiger partial charge in [0.15, 0.2) is 0 Å². The number of aryl methyl sites for hydroxylation is 2.